The summed E-state index contributed by atoms with van der Waals surface area (Å²) in [5, 5.41) is 5.70. The van der Waals surface area contributed by atoms with Crippen LogP contribution in [0.15, 0.2) is 24.3 Å². The highest BCUT2D eigenvalue weighted by atomic mass is 35.5. The lowest BCUT2D eigenvalue weighted by atomic mass is 10.2. The van der Waals surface area contributed by atoms with Gasteiger partial charge in [0.25, 0.3) is 0 Å². The Kier molecular flexibility index (Phi) is 7.60. The highest BCUT2D eigenvalue weighted by Crippen LogP contribution is 2.26. The van der Waals surface area contributed by atoms with Gasteiger partial charge in [-0.3, -0.25) is 4.79 Å². The number of anilines is 1. The normalized spacial score (nSPS) is 18.0. The zero-order valence-corrected chi connectivity index (χ0v) is 13.0. The van der Waals surface area contributed by atoms with Crippen LogP contribution in [0.3, 0.4) is 0 Å². The molecule has 1 aromatic rings. The summed E-state index contributed by atoms with van der Waals surface area (Å²) < 4.78 is 46.6. The van der Waals surface area contributed by atoms with Crippen LogP contribution in [0.5, 0.6) is 5.75 Å². The Hall–Kier alpha value is -1.51. The second-order valence-corrected chi connectivity index (χ2v) is 4.88. The van der Waals surface area contributed by atoms with Crippen molar-refractivity contribution in [1.82, 2.24) is 5.32 Å². The second kappa shape index (κ2) is 8.95. The summed E-state index contributed by atoms with van der Waals surface area (Å²) in [5.41, 5.74) is 0.216. The molecule has 2 N–H and O–H groups in total. The van der Waals surface area contributed by atoms with E-state index in [2.05, 4.69) is 10.6 Å². The zero-order valence-electron chi connectivity index (χ0n) is 12.2. The van der Waals surface area contributed by atoms with Crippen LogP contribution in [0.4, 0.5) is 18.9 Å². The molecule has 1 amide bonds. The van der Waals surface area contributed by atoms with Crippen molar-refractivity contribution in [3.8, 4) is 5.75 Å². The number of alkyl halides is 3. The number of hydrogen-bond donors (Lipinski definition) is 2. The van der Waals surface area contributed by atoms with Crippen molar-refractivity contribution in [2.45, 2.75) is 18.6 Å². The zero-order chi connectivity index (χ0) is 16.0. The molecule has 0 radical (unpaired) electrons. The van der Waals surface area contributed by atoms with Crippen molar-refractivity contribution in [3.05, 3.63) is 24.3 Å². The maximum Gasteiger partial charge on any atom is 0.422 e. The molecule has 0 aromatic heterocycles. The lowest BCUT2D eigenvalue weighted by Crippen LogP contribution is -2.43. The van der Waals surface area contributed by atoms with Gasteiger partial charge in [0.15, 0.2) is 6.61 Å². The summed E-state index contributed by atoms with van der Waals surface area (Å²) in [6, 6.07) is 5.92. The number of para-hydroxylation sites is 2. The molecule has 1 aliphatic heterocycles. The lowest BCUT2D eigenvalue weighted by Gasteiger charge is -2.23. The molecule has 0 aliphatic carbocycles. The molecule has 5 nitrogen and oxygen atoms in total. The van der Waals surface area contributed by atoms with E-state index < -0.39 is 12.8 Å². The van der Waals surface area contributed by atoms with Gasteiger partial charge < -0.3 is 20.1 Å². The summed E-state index contributed by atoms with van der Waals surface area (Å²) in [6.45, 7) is 0.299. The van der Waals surface area contributed by atoms with E-state index in [1.165, 1.54) is 18.2 Å². The van der Waals surface area contributed by atoms with Gasteiger partial charge in [-0.2, -0.15) is 13.2 Å². The molecule has 23 heavy (non-hydrogen) atoms. The molecule has 1 unspecified atom stereocenters. The average molecular weight is 355 g/mol. The Morgan fingerprint density at radius 2 is 2.13 bits per heavy atom. The number of hydrogen-bond acceptors (Lipinski definition) is 4. The van der Waals surface area contributed by atoms with Gasteiger partial charge in [-0.1, -0.05) is 12.1 Å². The molecule has 9 heteroatoms. The van der Waals surface area contributed by atoms with Crippen LogP contribution in [-0.2, 0) is 9.53 Å². The van der Waals surface area contributed by atoms with E-state index in [4.69, 9.17) is 9.47 Å². The largest absolute Gasteiger partial charge is 0.482 e. The van der Waals surface area contributed by atoms with Gasteiger partial charge in [0.2, 0.25) is 5.91 Å². The summed E-state index contributed by atoms with van der Waals surface area (Å²) in [5.74, 6) is -0.327. The van der Waals surface area contributed by atoms with Crippen molar-refractivity contribution < 1.29 is 27.4 Å². The molecule has 1 aromatic carbocycles. The number of benzene rings is 1. The molecule has 0 saturated carbocycles. The first-order valence-corrected chi connectivity index (χ1v) is 6.83. The SMILES string of the molecule is Cl.O=C(CC1COCCN1)Nc1ccccc1OCC(F)(F)F. The molecule has 1 saturated heterocycles. The van der Waals surface area contributed by atoms with Crippen LogP contribution in [-0.4, -0.2) is 44.5 Å². The van der Waals surface area contributed by atoms with Crippen LogP contribution in [0, 0.1) is 0 Å². The van der Waals surface area contributed by atoms with E-state index >= 15 is 0 Å². The standard InChI is InChI=1S/C14H17F3N2O3.ClH/c15-14(16,17)9-22-12-4-2-1-3-11(12)19-13(20)7-10-8-21-6-5-18-10;/h1-4,10,18H,5-9H2,(H,19,20);1H. The van der Waals surface area contributed by atoms with Gasteiger partial charge >= 0.3 is 6.18 Å². The molecule has 1 atom stereocenters. The smallest absolute Gasteiger partial charge is 0.422 e. The molecular formula is C14H18ClF3N2O3. The predicted molar refractivity (Wildman–Crippen MR) is 81.1 cm³/mol. The number of carbonyl (C=O) groups is 1. The maximum absolute atomic E-state index is 12.2. The Labute approximate surface area is 137 Å². The van der Waals surface area contributed by atoms with Crippen LogP contribution < -0.4 is 15.4 Å². The minimum Gasteiger partial charge on any atom is -0.482 e. The summed E-state index contributed by atoms with van der Waals surface area (Å²) >= 11 is 0. The van der Waals surface area contributed by atoms with Crippen molar-refractivity contribution in [2.24, 2.45) is 0 Å². The highest BCUT2D eigenvalue weighted by Gasteiger charge is 2.29. The number of nitrogens with one attached hydrogen (secondary N) is 2. The van der Waals surface area contributed by atoms with Crippen LogP contribution in [0.1, 0.15) is 6.42 Å². The molecule has 0 bridgehead atoms. The fraction of sp³-hybridized carbons (Fsp3) is 0.500. The molecule has 2 rings (SSSR count). The lowest BCUT2D eigenvalue weighted by molar-refractivity contribution is -0.153. The number of rotatable bonds is 5. The van der Waals surface area contributed by atoms with Gasteiger partial charge in [0.05, 0.1) is 18.9 Å². The first-order valence-electron chi connectivity index (χ1n) is 6.83. The van der Waals surface area contributed by atoms with Crippen LogP contribution >= 0.6 is 12.4 Å². The third-order valence-electron chi connectivity index (χ3n) is 2.98. The molecular weight excluding hydrogens is 337 g/mol. The maximum atomic E-state index is 12.2. The van der Waals surface area contributed by atoms with E-state index in [0.29, 0.717) is 19.8 Å². The number of carbonyl (C=O) groups excluding carboxylic acids is 1. The van der Waals surface area contributed by atoms with Crippen molar-refractivity contribution in [2.75, 3.05) is 31.7 Å². The Morgan fingerprint density at radius 1 is 1.39 bits per heavy atom. The molecule has 130 valence electrons. The van der Waals surface area contributed by atoms with Gasteiger partial charge in [-0.25, -0.2) is 0 Å². The Morgan fingerprint density at radius 3 is 2.78 bits per heavy atom. The number of halogens is 4. The first kappa shape index (κ1) is 19.5. The van der Waals surface area contributed by atoms with E-state index in [9.17, 15) is 18.0 Å². The van der Waals surface area contributed by atoms with E-state index in [-0.39, 0.29) is 42.2 Å². The summed E-state index contributed by atoms with van der Waals surface area (Å²) in [4.78, 5) is 11.9. The van der Waals surface area contributed by atoms with Crippen molar-refractivity contribution >= 4 is 24.0 Å². The van der Waals surface area contributed by atoms with E-state index in [1.807, 2.05) is 0 Å². The second-order valence-electron chi connectivity index (χ2n) is 4.88. The first-order chi connectivity index (χ1) is 10.4. The Bertz CT molecular complexity index is 508. The molecule has 1 fully saturated rings. The minimum atomic E-state index is -4.43. The molecule has 0 spiro atoms. The van der Waals surface area contributed by atoms with E-state index in [1.54, 1.807) is 6.07 Å². The van der Waals surface area contributed by atoms with E-state index in [0.717, 1.165) is 0 Å². The quantitative estimate of drug-likeness (QED) is 0.852. The van der Waals surface area contributed by atoms with Crippen LogP contribution in [0.2, 0.25) is 0 Å². The fourth-order valence-corrected chi connectivity index (χ4v) is 2.03. The van der Waals surface area contributed by atoms with Crippen molar-refractivity contribution in [3.63, 3.8) is 0 Å². The van der Waals surface area contributed by atoms with Crippen molar-refractivity contribution in [1.29, 1.82) is 0 Å². The number of amides is 1. The summed E-state index contributed by atoms with van der Waals surface area (Å²) in [7, 11) is 0. The summed E-state index contributed by atoms with van der Waals surface area (Å²) in [6.07, 6.45) is -4.26. The van der Waals surface area contributed by atoms with Gasteiger partial charge in [0.1, 0.15) is 5.75 Å². The Balaban J connectivity index is 0.00000264. The predicted octanol–water partition coefficient (Wildman–Crippen LogP) is 2.37. The fourth-order valence-electron chi connectivity index (χ4n) is 2.03. The van der Waals surface area contributed by atoms with Gasteiger partial charge in [-0.05, 0) is 12.1 Å². The topological polar surface area (TPSA) is 59.6 Å². The van der Waals surface area contributed by atoms with Gasteiger partial charge in [0, 0.05) is 19.0 Å². The number of ether oxygens (including phenoxy) is 2. The molecule has 1 aliphatic rings. The van der Waals surface area contributed by atoms with Gasteiger partial charge in [-0.15, -0.1) is 12.4 Å². The third-order valence-corrected chi connectivity index (χ3v) is 2.98. The number of morpholine rings is 1. The third kappa shape index (κ3) is 7.06. The average Bonchev–Trinajstić information content (AvgIpc) is 2.46. The van der Waals surface area contributed by atoms with Crippen LogP contribution in [0.25, 0.3) is 0 Å². The minimum absolute atomic E-state index is 0. The molecule has 1 heterocycles. The monoisotopic (exact) mass is 354 g/mol. The highest BCUT2D eigenvalue weighted by molar-refractivity contribution is 5.92.